The second kappa shape index (κ2) is 5.39. The summed E-state index contributed by atoms with van der Waals surface area (Å²) in [4.78, 5) is 26.1. The van der Waals surface area contributed by atoms with Crippen molar-refractivity contribution in [2.45, 2.75) is 46.0 Å². The zero-order chi connectivity index (χ0) is 13.2. The minimum atomic E-state index is -0.404. The van der Waals surface area contributed by atoms with E-state index in [1.807, 2.05) is 13.8 Å². The SMILES string of the molecule is CCC1(CC)CC(=O)N(CC2CCCNC2)C1=O. The summed E-state index contributed by atoms with van der Waals surface area (Å²) in [6.07, 6.45) is 4.23. The smallest absolute Gasteiger partial charge is 0.235 e. The zero-order valence-corrected chi connectivity index (χ0v) is 11.5. The molecule has 2 aliphatic heterocycles. The Balaban J connectivity index is 2.04. The van der Waals surface area contributed by atoms with E-state index < -0.39 is 5.41 Å². The molecule has 2 rings (SSSR count). The van der Waals surface area contributed by atoms with Gasteiger partial charge >= 0.3 is 0 Å². The van der Waals surface area contributed by atoms with Gasteiger partial charge in [0.1, 0.15) is 0 Å². The van der Waals surface area contributed by atoms with E-state index in [4.69, 9.17) is 0 Å². The van der Waals surface area contributed by atoms with Crippen LogP contribution in [0.25, 0.3) is 0 Å². The monoisotopic (exact) mass is 252 g/mol. The van der Waals surface area contributed by atoms with Crippen LogP contribution in [-0.4, -0.2) is 36.3 Å². The lowest BCUT2D eigenvalue weighted by molar-refractivity contribution is -0.142. The van der Waals surface area contributed by atoms with E-state index in [0.717, 1.165) is 38.8 Å². The normalized spacial score (nSPS) is 27.9. The van der Waals surface area contributed by atoms with Crippen LogP contribution in [-0.2, 0) is 9.59 Å². The van der Waals surface area contributed by atoms with Crippen LogP contribution in [0.2, 0.25) is 0 Å². The number of likely N-dealkylation sites (tertiary alicyclic amines) is 1. The predicted octanol–water partition coefficient (Wildman–Crippen LogP) is 1.55. The molecule has 1 N–H and O–H groups in total. The number of piperidine rings is 1. The van der Waals surface area contributed by atoms with E-state index in [1.54, 1.807) is 0 Å². The van der Waals surface area contributed by atoms with E-state index in [2.05, 4.69) is 5.32 Å². The van der Waals surface area contributed by atoms with Crippen LogP contribution in [0.15, 0.2) is 0 Å². The third-order valence-corrected chi connectivity index (χ3v) is 4.68. The molecule has 0 radical (unpaired) electrons. The largest absolute Gasteiger partial charge is 0.316 e. The standard InChI is InChI=1S/C14H24N2O2/c1-3-14(4-2)8-12(17)16(13(14)18)10-11-6-5-7-15-9-11/h11,15H,3-10H2,1-2H3. The van der Waals surface area contributed by atoms with E-state index in [9.17, 15) is 9.59 Å². The van der Waals surface area contributed by atoms with Crippen molar-refractivity contribution in [1.29, 1.82) is 0 Å². The van der Waals surface area contributed by atoms with Gasteiger partial charge in [-0.25, -0.2) is 0 Å². The van der Waals surface area contributed by atoms with Crippen molar-refractivity contribution in [3.8, 4) is 0 Å². The van der Waals surface area contributed by atoms with Crippen LogP contribution in [0.1, 0.15) is 46.0 Å². The third kappa shape index (κ3) is 2.30. The van der Waals surface area contributed by atoms with Gasteiger partial charge in [0.15, 0.2) is 0 Å². The molecule has 18 heavy (non-hydrogen) atoms. The molecule has 0 saturated carbocycles. The molecule has 102 valence electrons. The average Bonchev–Trinajstić information content (AvgIpc) is 2.65. The summed E-state index contributed by atoms with van der Waals surface area (Å²) in [5, 5.41) is 3.34. The molecular weight excluding hydrogens is 228 g/mol. The third-order valence-electron chi connectivity index (χ3n) is 4.68. The minimum Gasteiger partial charge on any atom is -0.316 e. The van der Waals surface area contributed by atoms with E-state index in [-0.39, 0.29) is 11.8 Å². The highest BCUT2D eigenvalue weighted by Gasteiger charge is 2.49. The van der Waals surface area contributed by atoms with Crippen molar-refractivity contribution in [2.75, 3.05) is 19.6 Å². The summed E-state index contributed by atoms with van der Waals surface area (Å²) >= 11 is 0. The molecule has 4 nitrogen and oxygen atoms in total. The second-order valence-corrected chi connectivity index (χ2v) is 5.69. The Morgan fingerprint density at radius 1 is 1.33 bits per heavy atom. The molecule has 0 spiro atoms. The molecule has 0 aromatic heterocycles. The Kier molecular flexibility index (Phi) is 4.05. The number of hydrogen-bond acceptors (Lipinski definition) is 3. The van der Waals surface area contributed by atoms with Crippen LogP contribution >= 0.6 is 0 Å². The van der Waals surface area contributed by atoms with Crippen molar-refractivity contribution < 1.29 is 9.59 Å². The van der Waals surface area contributed by atoms with Crippen LogP contribution in [0, 0.1) is 11.3 Å². The number of carbonyl (C=O) groups excluding carboxylic acids is 2. The molecule has 1 atom stereocenters. The Hall–Kier alpha value is -0.900. The highest BCUT2D eigenvalue weighted by atomic mass is 16.2. The Morgan fingerprint density at radius 3 is 2.56 bits per heavy atom. The lowest BCUT2D eigenvalue weighted by Crippen LogP contribution is -2.42. The quantitative estimate of drug-likeness (QED) is 0.772. The lowest BCUT2D eigenvalue weighted by Gasteiger charge is -2.28. The number of rotatable bonds is 4. The fraction of sp³-hybridized carbons (Fsp3) is 0.857. The highest BCUT2D eigenvalue weighted by Crippen LogP contribution is 2.39. The average molecular weight is 252 g/mol. The molecule has 1 unspecified atom stereocenters. The number of imide groups is 1. The first-order chi connectivity index (χ1) is 8.63. The van der Waals surface area contributed by atoms with Gasteiger partial charge in [-0.3, -0.25) is 14.5 Å². The predicted molar refractivity (Wildman–Crippen MR) is 69.9 cm³/mol. The van der Waals surface area contributed by atoms with Gasteiger partial charge in [0.25, 0.3) is 0 Å². The van der Waals surface area contributed by atoms with Crippen molar-refractivity contribution in [1.82, 2.24) is 10.2 Å². The van der Waals surface area contributed by atoms with E-state index >= 15 is 0 Å². The summed E-state index contributed by atoms with van der Waals surface area (Å²) in [7, 11) is 0. The van der Waals surface area contributed by atoms with Gasteiger partial charge in [0, 0.05) is 13.0 Å². The number of nitrogens with one attached hydrogen (secondary N) is 1. The van der Waals surface area contributed by atoms with Crippen LogP contribution in [0.5, 0.6) is 0 Å². The summed E-state index contributed by atoms with van der Waals surface area (Å²) < 4.78 is 0. The maximum atomic E-state index is 12.5. The van der Waals surface area contributed by atoms with Crippen molar-refractivity contribution in [3.05, 3.63) is 0 Å². The highest BCUT2D eigenvalue weighted by molar-refractivity contribution is 6.05. The number of nitrogens with zero attached hydrogens (tertiary/aromatic N) is 1. The number of amides is 2. The molecular formula is C14H24N2O2. The fourth-order valence-electron chi connectivity index (χ4n) is 3.19. The van der Waals surface area contributed by atoms with Crippen molar-refractivity contribution in [2.24, 2.45) is 11.3 Å². The second-order valence-electron chi connectivity index (χ2n) is 5.69. The molecule has 2 aliphatic rings. The first kappa shape index (κ1) is 13.5. The first-order valence-corrected chi connectivity index (χ1v) is 7.18. The molecule has 2 saturated heterocycles. The molecule has 4 heteroatoms. The Labute approximate surface area is 109 Å². The number of carbonyl (C=O) groups is 2. The van der Waals surface area contributed by atoms with Crippen molar-refractivity contribution in [3.63, 3.8) is 0 Å². The molecule has 2 fully saturated rings. The Morgan fingerprint density at radius 2 is 2.06 bits per heavy atom. The van der Waals surface area contributed by atoms with Gasteiger partial charge in [-0.2, -0.15) is 0 Å². The molecule has 0 aliphatic carbocycles. The molecule has 0 aromatic carbocycles. The van der Waals surface area contributed by atoms with E-state index in [0.29, 0.717) is 18.9 Å². The lowest BCUT2D eigenvalue weighted by atomic mass is 9.81. The maximum Gasteiger partial charge on any atom is 0.235 e. The van der Waals surface area contributed by atoms with E-state index in [1.165, 1.54) is 4.90 Å². The van der Waals surface area contributed by atoms with Gasteiger partial charge in [-0.1, -0.05) is 13.8 Å². The summed E-state index contributed by atoms with van der Waals surface area (Å²) in [5.41, 5.74) is -0.404. The minimum absolute atomic E-state index is 0.0364. The van der Waals surface area contributed by atoms with Gasteiger partial charge in [0.05, 0.1) is 5.41 Å². The summed E-state index contributed by atoms with van der Waals surface area (Å²) in [5.74, 6) is 0.550. The number of hydrogen-bond donors (Lipinski definition) is 1. The molecule has 2 amide bonds. The van der Waals surface area contributed by atoms with Crippen LogP contribution in [0.4, 0.5) is 0 Å². The van der Waals surface area contributed by atoms with Crippen LogP contribution < -0.4 is 5.32 Å². The first-order valence-electron chi connectivity index (χ1n) is 7.18. The van der Waals surface area contributed by atoms with Gasteiger partial charge in [-0.15, -0.1) is 0 Å². The molecule has 0 aromatic rings. The molecule has 0 bridgehead atoms. The summed E-state index contributed by atoms with van der Waals surface area (Å²) in [6.45, 7) is 6.64. The summed E-state index contributed by atoms with van der Waals surface area (Å²) in [6, 6.07) is 0. The van der Waals surface area contributed by atoms with Crippen molar-refractivity contribution >= 4 is 11.8 Å². The van der Waals surface area contributed by atoms with Gasteiger partial charge in [0.2, 0.25) is 11.8 Å². The molecule has 2 heterocycles. The Bertz CT molecular complexity index is 331. The van der Waals surface area contributed by atoms with Crippen LogP contribution in [0.3, 0.4) is 0 Å². The fourth-order valence-corrected chi connectivity index (χ4v) is 3.19. The maximum absolute atomic E-state index is 12.5. The van der Waals surface area contributed by atoms with Gasteiger partial charge < -0.3 is 5.32 Å². The topological polar surface area (TPSA) is 49.4 Å². The van der Waals surface area contributed by atoms with Gasteiger partial charge in [-0.05, 0) is 44.7 Å². The zero-order valence-electron chi connectivity index (χ0n) is 11.5.